The van der Waals surface area contributed by atoms with Gasteiger partial charge in [0.1, 0.15) is 47.5 Å². The minimum Gasteiger partial charge on any atom is -0.490 e. The van der Waals surface area contributed by atoms with E-state index in [0.29, 0.717) is 23.8 Å². The normalized spacial score (nSPS) is 20.6. The van der Waals surface area contributed by atoms with E-state index in [9.17, 15) is 14.7 Å². The maximum atomic E-state index is 16.5. The zero-order valence-electron chi connectivity index (χ0n) is 30.2. The molecule has 3 aliphatic rings. The molecule has 2 fully saturated rings. The number of halogens is 2. The fourth-order valence-corrected chi connectivity index (χ4v) is 6.86. The quantitative estimate of drug-likeness (QED) is 0.266. The van der Waals surface area contributed by atoms with Crippen LogP contribution >= 0.6 is 0 Å². The van der Waals surface area contributed by atoms with Gasteiger partial charge in [0, 0.05) is 37.4 Å². The lowest BCUT2D eigenvalue weighted by atomic mass is 9.97. The van der Waals surface area contributed by atoms with Crippen molar-refractivity contribution in [3.8, 4) is 22.7 Å². The smallest absolute Gasteiger partial charge is 0.410 e. The lowest BCUT2D eigenvalue weighted by Gasteiger charge is -2.41. The highest BCUT2D eigenvalue weighted by Gasteiger charge is 2.36. The van der Waals surface area contributed by atoms with Crippen molar-refractivity contribution in [3.63, 3.8) is 0 Å². The summed E-state index contributed by atoms with van der Waals surface area (Å²) in [6, 6.07) is 6.59. The Kier molecular flexibility index (Phi) is 9.40. The second kappa shape index (κ2) is 13.7. The lowest BCUT2D eigenvalue weighted by molar-refractivity contribution is -0.0631. The number of pyridine rings is 2. The number of hydrogen-bond donors (Lipinski definition) is 1. The first-order valence-electron chi connectivity index (χ1n) is 17.8. The number of fused-ring (bicyclic) bond motifs is 5. The van der Waals surface area contributed by atoms with Crippen molar-refractivity contribution in [2.45, 2.75) is 84.2 Å². The average Bonchev–Trinajstić information content (AvgIpc) is 3.91. The number of amides is 1. The molecule has 52 heavy (non-hydrogen) atoms. The van der Waals surface area contributed by atoms with Crippen LogP contribution in [0.15, 0.2) is 41.3 Å². The minimum absolute atomic E-state index is 0.00595. The number of carbonyl (C=O) groups is 1. The van der Waals surface area contributed by atoms with Crippen LogP contribution in [0.25, 0.3) is 28.0 Å². The monoisotopic (exact) mass is 718 g/mol. The molecular weight excluding hydrogens is 674 g/mol. The third-order valence-electron chi connectivity index (χ3n) is 9.64. The second-order valence-electron chi connectivity index (χ2n) is 15.2. The molecule has 3 aromatic heterocycles. The van der Waals surface area contributed by atoms with Crippen LogP contribution < -0.4 is 15.3 Å². The van der Waals surface area contributed by atoms with Crippen LogP contribution in [0.4, 0.5) is 19.4 Å². The van der Waals surface area contributed by atoms with Gasteiger partial charge in [0.05, 0.1) is 28.9 Å². The van der Waals surface area contributed by atoms with Crippen LogP contribution in [0.1, 0.15) is 77.7 Å². The van der Waals surface area contributed by atoms with Gasteiger partial charge in [-0.1, -0.05) is 19.9 Å². The van der Waals surface area contributed by atoms with Gasteiger partial charge in [0.25, 0.3) is 0 Å². The van der Waals surface area contributed by atoms with Gasteiger partial charge in [-0.2, -0.15) is 4.98 Å². The van der Waals surface area contributed by atoms with Crippen LogP contribution in [0.5, 0.6) is 5.75 Å². The van der Waals surface area contributed by atoms with Crippen molar-refractivity contribution >= 4 is 22.9 Å². The number of rotatable bonds is 5. The maximum absolute atomic E-state index is 16.5. The fourth-order valence-electron chi connectivity index (χ4n) is 6.86. The number of aliphatic hydroxyl groups is 1. The van der Waals surface area contributed by atoms with Gasteiger partial charge in [0.2, 0.25) is 0 Å². The van der Waals surface area contributed by atoms with E-state index in [1.807, 2.05) is 25.7 Å². The number of anilines is 1. The Bertz CT molecular complexity index is 2080. The predicted octanol–water partition coefficient (Wildman–Crippen LogP) is 5.91. The highest BCUT2D eigenvalue weighted by molar-refractivity contribution is 5.91. The van der Waals surface area contributed by atoms with E-state index in [1.165, 1.54) is 28.8 Å². The molecule has 4 aromatic rings. The van der Waals surface area contributed by atoms with Crippen LogP contribution in [0.3, 0.4) is 0 Å². The molecule has 0 spiro atoms. The Labute approximate surface area is 300 Å². The SMILES string of the molecule is CC(C)c1nccc2c1-n1c(=O)nc(N3CCN(C(=O)OC(C)(C)C)C[C@@H]3C)c3cc(F)c(nc31)-c1c(F)cccc1OCC(OCC1CC1)C2O. The summed E-state index contributed by atoms with van der Waals surface area (Å²) in [6.45, 7) is 12.0. The Morgan fingerprint density at radius 1 is 1.12 bits per heavy atom. The van der Waals surface area contributed by atoms with Crippen LogP contribution in [-0.4, -0.2) is 86.2 Å². The van der Waals surface area contributed by atoms with Gasteiger partial charge in [-0.05, 0) is 76.6 Å². The summed E-state index contributed by atoms with van der Waals surface area (Å²) in [5, 5.41) is 12.2. The molecule has 1 saturated heterocycles. The van der Waals surface area contributed by atoms with Crippen LogP contribution in [0, 0.1) is 17.6 Å². The van der Waals surface area contributed by atoms with E-state index in [0.717, 1.165) is 12.8 Å². The van der Waals surface area contributed by atoms with Crippen molar-refractivity contribution < 1.29 is 32.9 Å². The van der Waals surface area contributed by atoms with Crippen LogP contribution in [0.2, 0.25) is 0 Å². The molecule has 1 N–H and O–H groups in total. The molecule has 2 unspecified atom stereocenters. The van der Waals surface area contributed by atoms with Crippen molar-refractivity contribution in [3.05, 3.63) is 69.9 Å². The zero-order valence-corrected chi connectivity index (χ0v) is 30.2. The Hall–Kier alpha value is -4.69. The topological polar surface area (TPSA) is 132 Å². The summed E-state index contributed by atoms with van der Waals surface area (Å²) in [6.07, 6.45) is 0.871. The lowest BCUT2D eigenvalue weighted by Crippen LogP contribution is -2.55. The molecule has 1 aliphatic carbocycles. The van der Waals surface area contributed by atoms with Crippen molar-refractivity contribution in [2.24, 2.45) is 5.92 Å². The molecule has 14 heteroatoms. The summed E-state index contributed by atoms with van der Waals surface area (Å²) < 4.78 is 51.5. The molecule has 12 nitrogen and oxygen atoms in total. The van der Waals surface area contributed by atoms with E-state index >= 15 is 8.78 Å². The van der Waals surface area contributed by atoms with Crippen molar-refractivity contribution in [1.82, 2.24) is 24.4 Å². The molecule has 5 heterocycles. The van der Waals surface area contributed by atoms with Gasteiger partial charge in [0.15, 0.2) is 11.5 Å². The Balaban J connectivity index is 1.46. The molecular formula is C38H44F2N6O6. The average molecular weight is 719 g/mol. The van der Waals surface area contributed by atoms with Crippen LogP contribution in [-0.2, 0) is 9.47 Å². The van der Waals surface area contributed by atoms with E-state index in [2.05, 4.69) is 9.97 Å². The molecule has 2 aliphatic heterocycles. The number of ether oxygens (including phenoxy) is 3. The maximum Gasteiger partial charge on any atom is 0.410 e. The first-order chi connectivity index (χ1) is 24.7. The first-order valence-corrected chi connectivity index (χ1v) is 17.8. The summed E-state index contributed by atoms with van der Waals surface area (Å²) in [4.78, 5) is 44.7. The number of piperazine rings is 1. The minimum atomic E-state index is -1.31. The van der Waals surface area contributed by atoms with Gasteiger partial charge < -0.3 is 29.1 Å². The Morgan fingerprint density at radius 2 is 1.88 bits per heavy atom. The fraction of sp³-hybridized carbons (Fsp3) is 0.500. The number of benzene rings is 1. The second-order valence-corrected chi connectivity index (χ2v) is 15.2. The molecule has 3 atom stereocenters. The van der Waals surface area contributed by atoms with Gasteiger partial charge in [-0.15, -0.1) is 0 Å². The summed E-state index contributed by atoms with van der Waals surface area (Å²) in [5.41, 5.74) is -1.01. The number of carbonyl (C=O) groups excluding carboxylic acids is 1. The molecule has 0 radical (unpaired) electrons. The summed E-state index contributed by atoms with van der Waals surface area (Å²) in [5.74, 6) is -1.36. The molecule has 1 aromatic carbocycles. The van der Waals surface area contributed by atoms with Gasteiger partial charge in [-0.3, -0.25) is 4.98 Å². The van der Waals surface area contributed by atoms with Crippen molar-refractivity contribution in [1.29, 1.82) is 0 Å². The number of aromatic nitrogens is 4. The van der Waals surface area contributed by atoms with E-state index in [4.69, 9.17) is 19.2 Å². The third kappa shape index (κ3) is 6.81. The van der Waals surface area contributed by atoms with Gasteiger partial charge >= 0.3 is 11.8 Å². The number of hydrogen-bond acceptors (Lipinski definition) is 10. The zero-order chi connectivity index (χ0) is 37.1. The Morgan fingerprint density at radius 3 is 2.58 bits per heavy atom. The molecule has 276 valence electrons. The molecule has 2 bridgehead atoms. The van der Waals surface area contributed by atoms with E-state index < -0.39 is 41.2 Å². The number of nitrogens with zero attached hydrogens (tertiary/aromatic N) is 6. The molecule has 1 amide bonds. The third-order valence-corrected chi connectivity index (χ3v) is 9.64. The molecule has 1 saturated carbocycles. The standard InChI is InChI=1S/C38H44F2N6O6/c1-20(2)30-32-23(12-13-41-30)33(47)28(50-18-22-10-11-22)19-51-27-9-7-8-25(39)29(27)31-26(40)16-24-34(43-36(48)46(32)35(24)42-31)45-15-14-44(17-21(45)3)37(49)52-38(4,5)6/h7-9,12-13,16,20-22,28,33,47H,10-11,14-15,17-19H2,1-6H3/t21-,28?,33?/m0/s1. The molecule has 7 rings (SSSR count). The van der Waals surface area contributed by atoms with E-state index in [-0.39, 0.29) is 77.7 Å². The summed E-state index contributed by atoms with van der Waals surface area (Å²) in [7, 11) is 0. The van der Waals surface area contributed by atoms with Crippen molar-refractivity contribution in [2.75, 3.05) is 37.7 Å². The van der Waals surface area contributed by atoms with E-state index in [1.54, 1.807) is 37.9 Å². The highest BCUT2D eigenvalue weighted by atomic mass is 19.1. The van der Waals surface area contributed by atoms with Gasteiger partial charge in [-0.25, -0.2) is 27.9 Å². The number of aliphatic hydroxyl groups excluding tert-OH is 1. The summed E-state index contributed by atoms with van der Waals surface area (Å²) >= 11 is 0. The largest absolute Gasteiger partial charge is 0.490 e. The first kappa shape index (κ1) is 35.7. The highest BCUT2D eigenvalue weighted by Crippen LogP contribution is 2.40. The predicted molar refractivity (Wildman–Crippen MR) is 190 cm³/mol.